The molecule has 2 aromatic heterocycles. The van der Waals surface area contributed by atoms with Crippen LogP contribution >= 0.6 is 0 Å². The van der Waals surface area contributed by atoms with Crippen LogP contribution in [0, 0.1) is 13.8 Å². The summed E-state index contributed by atoms with van der Waals surface area (Å²) < 4.78 is 8.26. The maximum absolute atomic E-state index is 10.8. The monoisotopic (exact) mass is 394 g/mol. The predicted octanol–water partition coefficient (Wildman–Crippen LogP) is 1.81. The van der Waals surface area contributed by atoms with Crippen LogP contribution in [0.15, 0.2) is 30.7 Å². The van der Waals surface area contributed by atoms with Gasteiger partial charge in [0, 0.05) is 24.5 Å². The third-order valence-electron chi connectivity index (χ3n) is 6.26. The summed E-state index contributed by atoms with van der Waals surface area (Å²) >= 11 is 0. The van der Waals surface area contributed by atoms with E-state index in [-0.39, 0.29) is 6.04 Å². The van der Waals surface area contributed by atoms with Gasteiger partial charge in [-0.3, -0.25) is 0 Å². The Morgan fingerprint density at radius 1 is 1.17 bits per heavy atom. The Morgan fingerprint density at radius 2 is 2.03 bits per heavy atom. The van der Waals surface area contributed by atoms with Crippen molar-refractivity contribution in [3.8, 4) is 5.75 Å². The van der Waals surface area contributed by atoms with Crippen molar-refractivity contribution in [2.24, 2.45) is 0 Å². The molecule has 3 N–H and O–H groups in total. The molecule has 152 valence electrons. The van der Waals surface area contributed by atoms with E-state index in [2.05, 4.69) is 28.3 Å². The second kappa shape index (κ2) is 7.09. The first-order valence-electron chi connectivity index (χ1n) is 10.2. The van der Waals surface area contributed by atoms with Crippen LogP contribution in [0.3, 0.4) is 0 Å². The molecule has 0 saturated heterocycles. The van der Waals surface area contributed by atoms with E-state index in [0.29, 0.717) is 6.42 Å². The lowest BCUT2D eigenvalue weighted by molar-refractivity contribution is -0.0166. The summed E-state index contributed by atoms with van der Waals surface area (Å²) in [4.78, 5) is 8.63. The van der Waals surface area contributed by atoms with Crippen LogP contribution in [0.4, 0.5) is 0 Å². The normalized spacial score (nSPS) is 26.6. The fraction of sp³-hybridized carbons (Fsp3) is 0.455. The zero-order valence-electron chi connectivity index (χ0n) is 16.7. The van der Waals surface area contributed by atoms with E-state index in [1.54, 1.807) is 0 Å². The van der Waals surface area contributed by atoms with Gasteiger partial charge in [-0.05, 0) is 55.6 Å². The van der Waals surface area contributed by atoms with Crippen molar-refractivity contribution in [2.45, 2.75) is 57.6 Å². The summed E-state index contributed by atoms with van der Waals surface area (Å²) in [5.74, 6) is 0.828. The van der Waals surface area contributed by atoms with Crippen molar-refractivity contribution in [1.29, 1.82) is 0 Å². The van der Waals surface area contributed by atoms with E-state index < -0.39 is 18.3 Å². The quantitative estimate of drug-likeness (QED) is 0.628. The van der Waals surface area contributed by atoms with Gasteiger partial charge >= 0.3 is 0 Å². The summed E-state index contributed by atoms with van der Waals surface area (Å²) in [7, 11) is 0. The molecular weight excluding hydrogens is 368 g/mol. The Hall–Kier alpha value is -2.48. The Balaban J connectivity index is 1.45. The molecule has 0 spiro atoms. The van der Waals surface area contributed by atoms with Crippen LogP contribution in [-0.2, 0) is 13.0 Å². The zero-order chi connectivity index (χ0) is 20.1. The molecule has 2 aliphatic rings. The van der Waals surface area contributed by atoms with E-state index in [1.807, 2.05) is 29.8 Å². The average Bonchev–Trinajstić information content (AvgIpc) is 3.25. The van der Waals surface area contributed by atoms with E-state index in [1.165, 1.54) is 17.5 Å². The van der Waals surface area contributed by atoms with Crippen molar-refractivity contribution < 1.29 is 14.9 Å². The molecule has 4 atom stereocenters. The largest absolute Gasteiger partial charge is 0.487 e. The fourth-order valence-corrected chi connectivity index (χ4v) is 4.73. The van der Waals surface area contributed by atoms with Gasteiger partial charge in [0.15, 0.2) is 0 Å². The molecule has 0 unspecified atom stereocenters. The van der Waals surface area contributed by atoms with Gasteiger partial charge in [0.25, 0.3) is 0 Å². The molecule has 5 rings (SSSR count). The van der Waals surface area contributed by atoms with E-state index >= 15 is 0 Å². The highest BCUT2D eigenvalue weighted by molar-refractivity contribution is 5.78. The zero-order valence-corrected chi connectivity index (χ0v) is 16.7. The number of fused-ring (bicyclic) bond motifs is 2. The molecule has 29 heavy (non-hydrogen) atoms. The third-order valence-corrected chi connectivity index (χ3v) is 6.26. The number of nitrogens with one attached hydrogen (secondary N) is 1. The molecule has 0 amide bonds. The first-order valence-corrected chi connectivity index (χ1v) is 10.2. The number of aliphatic hydroxyl groups excluding tert-OH is 2. The van der Waals surface area contributed by atoms with Gasteiger partial charge in [-0.25, -0.2) is 9.97 Å². The molecule has 3 heterocycles. The number of aromatic nitrogens is 3. The van der Waals surface area contributed by atoms with Crippen molar-refractivity contribution in [2.75, 3.05) is 6.54 Å². The van der Waals surface area contributed by atoms with Crippen molar-refractivity contribution in [1.82, 2.24) is 19.9 Å². The topological polar surface area (TPSA) is 92.4 Å². The predicted molar refractivity (Wildman–Crippen MR) is 109 cm³/mol. The highest BCUT2D eigenvalue weighted by Gasteiger charge is 2.44. The van der Waals surface area contributed by atoms with Gasteiger partial charge in [-0.1, -0.05) is 6.07 Å². The Kier molecular flexibility index (Phi) is 4.53. The summed E-state index contributed by atoms with van der Waals surface area (Å²) in [6, 6.07) is 5.88. The number of hydrogen-bond acceptors (Lipinski definition) is 6. The Labute approximate surface area is 169 Å². The minimum Gasteiger partial charge on any atom is -0.487 e. The van der Waals surface area contributed by atoms with Crippen molar-refractivity contribution in [3.63, 3.8) is 0 Å². The highest BCUT2D eigenvalue weighted by Crippen LogP contribution is 2.37. The fourth-order valence-electron chi connectivity index (χ4n) is 4.73. The molecule has 1 aliphatic heterocycles. The third kappa shape index (κ3) is 3.10. The summed E-state index contributed by atoms with van der Waals surface area (Å²) in [6.45, 7) is 5.74. The van der Waals surface area contributed by atoms with E-state index in [4.69, 9.17) is 4.74 Å². The van der Waals surface area contributed by atoms with E-state index in [9.17, 15) is 10.2 Å². The van der Waals surface area contributed by atoms with Crippen molar-refractivity contribution in [3.05, 3.63) is 53.1 Å². The molecule has 1 saturated carbocycles. The lowest BCUT2D eigenvalue weighted by atomic mass is 9.97. The van der Waals surface area contributed by atoms with Gasteiger partial charge < -0.3 is 24.8 Å². The maximum Gasteiger partial charge on any atom is 0.143 e. The van der Waals surface area contributed by atoms with Crippen LogP contribution in [-0.4, -0.2) is 49.6 Å². The number of nitrogens with zero attached hydrogens (tertiary/aromatic N) is 3. The second-order valence-corrected chi connectivity index (χ2v) is 8.19. The highest BCUT2D eigenvalue weighted by atomic mass is 16.5. The minimum absolute atomic E-state index is 0.302. The summed E-state index contributed by atoms with van der Waals surface area (Å²) in [5, 5.41) is 25.9. The molecule has 7 heteroatoms. The first kappa shape index (κ1) is 18.5. The first-order chi connectivity index (χ1) is 14.0. The van der Waals surface area contributed by atoms with E-state index in [0.717, 1.165) is 47.6 Å². The molecule has 1 aliphatic carbocycles. The molecule has 0 radical (unpaired) electrons. The smallest absolute Gasteiger partial charge is 0.143 e. The van der Waals surface area contributed by atoms with Crippen LogP contribution in [0.1, 0.15) is 34.8 Å². The number of hydrogen-bond donors (Lipinski definition) is 3. The summed E-state index contributed by atoms with van der Waals surface area (Å²) in [5.41, 5.74) is 5.26. The van der Waals surface area contributed by atoms with Gasteiger partial charge in [0.2, 0.25) is 0 Å². The van der Waals surface area contributed by atoms with Crippen LogP contribution in [0.5, 0.6) is 5.75 Å². The average molecular weight is 394 g/mol. The summed E-state index contributed by atoms with van der Waals surface area (Å²) in [6.07, 6.45) is 2.50. The van der Waals surface area contributed by atoms with Gasteiger partial charge in [0.1, 0.15) is 36.0 Å². The number of aryl methyl sites for hydroxylation is 2. The lowest BCUT2D eigenvalue weighted by Crippen LogP contribution is -2.34. The number of benzene rings is 1. The maximum atomic E-state index is 10.8. The molecule has 7 nitrogen and oxygen atoms in total. The number of rotatable bonds is 3. The van der Waals surface area contributed by atoms with Gasteiger partial charge in [-0.2, -0.15) is 0 Å². The minimum atomic E-state index is -0.960. The molecular formula is C22H26N4O3. The standard InChI is InChI=1S/C22H26N4O3/c1-12-7-14-10-23-5-3-16(14)18(8-12)29-19-9-17(20(27)21(19)28)26-6-4-15-13(2)24-11-25-22(15)26/h4,6-8,11,17,19-21,23,27-28H,3,5,9-10H2,1-2H3/t17-,19+,20+,21-/m1/s1. The van der Waals surface area contributed by atoms with Crippen molar-refractivity contribution >= 4 is 11.0 Å². The van der Waals surface area contributed by atoms with Gasteiger partial charge in [0.05, 0.1) is 11.7 Å². The lowest BCUT2D eigenvalue weighted by Gasteiger charge is -2.25. The van der Waals surface area contributed by atoms with Crippen LogP contribution in [0.2, 0.25) is 0 Å². The molecule has 3 aromatic rings. The number of aliphatic hydroxyl groups is 2. The molecule has 1 fully saturated rings. The second-order valence-electron chi connectivity index (χ2n) is 8.19. The molecule has 0 bridgehead atoms. The van der Waals surface area contributed by atoms with Gasteiger partial charge in [-0.15, -0.1) is 0 Å². The molecule has 1 aromatic carbocycles. The van der Waals surface area contributed by atoms with Crippen LogP contribution < -0.4 is 10.1 Å². The SMILES string of the molecule is Cc1cc2c(c(O[C@H]3C[C@@H](n4ccc5c(C)ncnc54)[C@H](O)[C@@H]3O)c1)CCNC2. The Bertz CT molecular complexity index is 1060. The Morgan fingerprint density at radius 3 is 2.90 bits per heavy atom. The van der Waals surface area contributed by atoms with Crippen LogP contribution in [0.25, 0.3) is 11.0 Å². The number of ether oxygens (including phenoxy) is 1.